The van der Waals surface area contributed by atoms with E-state index >= 15 is 0 Å². The van der Waals surface area contributed by atoms with Crippen molar-refractivity contribution in [1.29, 1.82) is 0 Å². The fourth-order valence-corrected chi connectivity index (χ4v) is 4.21. The number of nitrogens with one attached hydrogen (secondary N) is 2. The quantitative estimate of drug-likeness (QED) is 0.792. The number of carbonyl (C=O) groups excluding carboxylic acids is 2. The van der Waals surface area contributed by atoms with Crippen LogP contribution in [0, 0.1) is 5.92 Å². The molecule has 2 N–H and O–H groups in total. The summed E-state index contributed by atoms with van der Waals surface area (Å²) < 4.78 is 5.77. The Kier molecular flexibility index (Phi) is 5.82. The van der Waals surface area contributed by atoms with Crippen molar-refractivity contribution in [3.8, 4) is 11.5 Å². The highest BCUT2D eigenvalue weighted by Crippen LogP contribution is 2.24. The minimum Gasteiger partial charge on any atom is -0.457 e. The largest absolute Gasteiger partial charge is 0.457 e. The molecule has 0 aliphatic carbocycles. The first-order valence-corrected chi connectivity index (χ1v) is 10.4. The second-order valence-corrected chi connectivity index (χ2v) is 8.09. The van der Waals surface area contributed by atoms with Crippen LogP contribution in [0.2, 0.25) is 0 Å². The summed E-state index contributed by atoms with van der Waals surface area (Å²) in [6, 6.07) is 16.6. The van der Waals surface area contributed by atoms with Crippen molar-refractivity contribution in [3.05, 3.63) is 60.2 Å². The van der Waals surface area contributed by atoms with Crippen LogP contribution >= 0.6 is 11.8 Å². The van der Waals surface area contributed by atoms with Gasteiger partial charge in [-0.15, -0.1) is 0 Å². The first kappa shape index (κ1) is 19.5. The summed E-state index contributed by atoms with van der Waals surface area (Å²) in [5, 5.41) is 7.20. The number of nitrogens with zero attached hydrogens (tertiary/aromatic N) is 2. The second kappa shape index (κ2) is 8.67. The average molecular weight is 410 g/mol. The zero-order valence-corrected chi connectivity index (χ0v) is 16.8. The molecule has 150 valence electrons. The summed E-state index contributed by atoms with van der Waals surface area (Å²) in [6.45, 7) is 1.54. The minimum atomic E-state index is -0.140. The number of carbonyl (C=O) groups is 2. The summed E-state index contributed by atoms with van der Waals surface area (Å²) in [5.41, 5.74) is 4.01. The van der Waals surface area contributed by atoms with E-state index in [4.69, 9.17) is 4.74 Å². The Hall–Kier alpha value is -2.84. The number of amides is 2. The third-order valence-electron chi connectivity index (χ3n) is 4.98. The van der Waals surface area contributed by atoms with E-state index in [0.717, 1.165) is 24.6 Å². The molecule has 1 fully saturated rings. The van der Waals surface area contributed by atoms with E-state index in [9.17, 15) is 9.59 Å². The van der Waals surface area contributed by atoms with Gasteiger partial charge in [-0.25, -0.2) is 5.43 Å². The van der Waals surface area contributed by atoms with Crippen molar-refractivity contribution in [2.45, 2.75) is 6.04 Å². The van der Waals surface area contributed by atoms with Gasteiger partial charge in [0.25, 0.3) is 11.1 Å². The van der Waals surface area contributed by atoms with E-state index in [2.05, 4.69) is 20.7 Å². The van der Waals surface area contributed by atoms with Crippen LogP contribution in [0.4, 0.5) is 4.79 Å². The summed E-state index contributed by atoms with van der Waals surface area (Å²) in [4.78, 5) is 26.3. The minimum absolute atomic E-state index is 0.0536. The highest BCUT2D eigenvalue weighted by Gasteiger charge is 2.36. The van der Waals surface area contributed by atoms with Crippen LogP contribution in [-0.4, -0.2) is 53.7 Å². The van der Waals surface area contributed by atoms with Crippen LogP contribution in [0.3, 0.4) is 0 Å². The van der Waals surface area contributed by atoms with Gasteiger partial charge < -0.3 is 15.0 Å². The smallest absolute Gasteiger partial charge is 0.299 e. The number of benzene rings is 2. The summed E-state index contributed by atoms with van der Waals surface area (Å²) in [5.74, 6) is 1.94. The number of hydrazone groups is 1. The zero-order chi connectivity index (χ0) is 20.2. The van der Waals surface area contributed by atoms with Crippen LogP contribution in [-0.2, 0) is 0 Å². The number of hydrogen-bond acceptors (Lipinski definition) is 6. The Morgan fingerprint density at radius 2 is 1.86 bits per heavy atom. The lowest BCUT2D eigenvalue weighted by Gasteiger charge is -2.23. The number of rotatable bonds is 5. The topological polar surface area (TPSA) is 83.0 Å². The fraction of sp³-hybridized carbons (Fsp3) is 0.286. The van der Waals surface area contributed by atoms with Gasteiger partial charge >= 0.3 is 0 Å². The third-order valence-corrected chi connectivity index (χ3v) is 5.78. The Balaban J connectivity index is 1.40. The van der Waals surface area contributed by atoms with Crippen molar-refractivity contribution in [1.82, 2.24) is 15.6 Å². The van der Waals surface area contributed by atoms with Gasteiger partial charge in [0.05, 0.1) is 11.8 Å². The number of para-hydroxylation sites is 1. The molecular formula is C21H22N4O3S. The summed E-state index contributed by atoms with van der Waals surface area (Å²) >= 11 is 1.21. The predicted octanol–water partition coefficient (Wildman–Crippen LogP) is 2.95. The molecule has 29 heavy (non-hydrogen) atoms. The molecule has 0 saturated carbocycles. The molecule has 2 atom stereocenters. The van der Waals surface area contributed by atoms with Gasteiger partial charge in [-0.2, -0.15) is 5.10 Å². The van der Waals surface area contributed by atoms with Crippen LogP contribution in [0.25, 0.3) is 0 Å². The molecule has 2 aromatic carbocycles. The summed E-state index contributed by atoms with van der Waals surface area (Å²) in [6.07, 6.45) is 0. The lowest BCUT2D eigenvalue weighted by molar-refractivity contribution is 0.0935. The molecule has 4 rings (SSSR count). The predicted molar refractivity (Wildman–Crippen MR) is 114 cm³/mol. The average Bonchev–Trinajstić information content (AvgIpc) is 3.10. The van der Waals surface area contributed by atoms with E-state index in [-0.39, 0.29) is 23.1 Å². The van der Waals surface area contributed by atoms with Crippen molar-refractivity contribution in [2.75, 3.05) is 25.9 Å². The highest BCUT2D eigenvalue weighted by molar-refractivity contribution is 8.14. The second-order valence-electron chi connectivity index (χ2n) is 7.14. The van der Waals surface area contributed by atoms with Crippen LogP contribution < -0.4 is 15.5 Å². The number of likely N-dealkylation sites (tertiary alicyclic amines) is 1. The maximum atomic E-state index is 12.8. The first-order valence-electron chi connectivity index (χ1n) is 9.40. The molecule has 2 heterocycles. The Labute approximate surface area is 173 Å². The molecule has 7 nitrogen and oxygen atoms in total. The summed E-state index contributed by atoms with van der Waals surface area (Å²) in [7, 11) is 2.02. The van der Waals surface area contributed by atoms with E-state index in [1.165, 1.54) is 11.8 Å². The molecule has 2 amide bonds. The molecular weight excluding hydrogens is 388 g/mol. The van der Waals surface area contributed by atoms with Gasteiger partial charge in [-0.3, -0.25) is 9.59 Å². The lowest BCUT2D eigenvalue weighted by atomic mass is 9.98. The maximum Gasteiger partial charge on any atom is 0.299 e. The molecule has 0 bridgehead atoms. The number of ether oxygens (including phenoxy) is 1. The van der Waals surface area contributed by atoms with E-state index < -0.39 is 0 Å². The molecule has 2 aromatic rings. The van der Waals surface area contributed by atoms with E-state index in [1.807, 2.05) is 37.4 Å². The van der Waals surface area contributed by atoms with Crippen molar-refractivity contribution >= 4 is 28.6 Å². The monoisotopic (exact) mass is 410 g/mol. The van der Waals surface area contributed by atoms with Crippen LogP contribution in [0.15, 0.2) is 59.7 Å². The van der Waals surface area contributed by atoms with Gasteiger partial charge in [0.15, 0.2) is 0 Å². The van der Waals surface area contributed by atoms with Crippen molar-refractivity contribution in [2.24, 2.45) is 11.0 Å². The molecule has 0 aromatic heterocycles. The Morgan fingerprint density at radius 1 is 1.14 bits per heavy atom. The maximum absolute atomic E-state index is 12.8. The first-order chi connectivity index (χ1) is 14.1. The van der Waals surface area contributed by atoms with Gasteiger partial charge in [-0.05, 0) is 43.4 Å². The zero-order valence-electron chi connectivity index (χ0n) is 16.0. The Bertz CT molecular complexity index is 917. The standard InChI is InChI=1S/C21H22N4O3S/c1-25-11-17(19-13-29-21(27)24-23-19)18(12-25)22-20(26)14-7-9-16(10-8-14)28-15-5-3-2-4-6-15/h2-10,17-18H,11-13H2,1H3,(H,22,26)(H,24,27)/t17-,18?/m0/s1. The molecule has 0 radical (unpaired) electrons. The number of thioether (sulfide) groups is 1. The van der Waals surface area contributed by atoms with Gasteiger partial charge in [0, 0.05) is 30.3 Å². The van der Waals surface area contributed by atoms with E-state index in [1.54, 1.807) is 24.3 Å². The molecule has 2 aliphatic heterocycles. The molecule has 1 saturated heterocycles. The normalized spacial score (nSPS) is 22.0. The molecule has 8 heteroatoms. The van der Waals surface area contributed by atoms with Crippen LogP contribution in [0.5, 0.6) is 11.5 Å². The number of hydrogen-bond donors (Lipinski definition) is 2. The third kappa shape index (κ3) is 4.78. The van der Waals surface area contributed by atoms with Gasteiger partial charge in [0.1, 0.15) is 11.5 Å². The van der Waals surface area contributed by atoms with Crippen LogP contribution in [0.1, 0.15) is 10.4 Å². The van der Waals surface area contributed by atoms with E-state index in [0.29, 0.717) is 17.1 Å². The van der Waals surface area contributed by atoms with Crippen molar-refractivity contribution in [3.63, 3.8) is 0 Å². The SMILES string of the molecule is CN1CC(NC(=O)c2ccc(Oc3ccccc3)cc2)[C@@H](C2=NNC(=O)SC2)C1. The van der Waals surface area contributed by atoms with Gasteiger partial charge in [0.2, 0.25) is 0 Å². The lowest BCUT2D eigenvalue weighted by Crippen LogP contribution is -2.44. The molecule has 2 aliphatic rings. The molecule has 0 spiro atoms. The Morgan fingerprint density at radius 3 is 2.55 bits per heavy atom. The van der Waals surface area contributed by atoms with Gasteiger partial charge in [-0.1, -0.05) is 30.0 Å². The highest BCUT2D eigenvalue weighted by atomic mass is 32.2. The molecule has 1 unspecified atom stereocenters. The number of likely N-dealkylation sites (N-methyl/N-ethyl adjacent to an activating group) is 1. The fourth-order valence-electron chi connectivity index (χ4n) is 3.55. The van der Waals surface area contributed by atoms with Crippen molar-refractivity contribution < 1.29 is 14.3 Å².